The zero-order valence-electron chi connectivity index (χ0n) is 9.45. The Labute approximate surface area is 116 Å². The van der Waals surface area contributed by atoms with Crippen LogP contribution in [0, 0.1) is 11.3 Å². The molecule has 2 nitrogen and oxygen atoms in total. The molecule has 0 spiro atoms. The Morgan fingerprint density at radius 3 is 2.61 bits per heavy atom. The third-order valence-electron chi connectivity index (χ3n) is 2.53. The minimum atomic E-state index is 0.550. The van der Waals surface area contributed by atoms with Gasteiger partial charge in [-0.2, -0.15) is 5.26 Å². The molecule has 0 aliphatic rings. The molecule has 4 heteroatoms. The molecule has 2 aromatic rings. The number of rotatable bonds is 3. The van der Waals surface area contributed by atoms with E-state index < -0.39 is 0 Å². The average Bonchev–Trinajstić information content (AvgIpc) is 2.38. The Morgan fingerprint density at radius 2 is 1.89 bits per heavy atom. The first kappa shape index (κ1) is 12.8. The third-order valence-corrected chi connectivity index (χ3v) is 3.12. The van der Waals surface area contributed by atoms with Crippen molar-refractivity contribution >= 4 is 28.9 Å². The summed E-state index contributed by atoms with van der Waals surface area (Å²) in [6.45, 7) is 0.550. The number of hydrogen-bond acceptors (Lipinski definition) is 2. The highest BCUT2D eigenvalue weighted by atomic mass is 35.5. The van der Waals surface area contributed by atoms with Gasteiger partial charge in [-0.3, -0.25) is 0 Å². The minimum absolute atomic E-state index is 0.550. The summed E-state index contributed by atoms with van der Waals surface area (Å²) in [4.78, 5) is 0. The zero-order valence-corrected chi connectivity index (χ0v) is 11.0. The average molecular weight is 277 g/mol. The Balaban J connectivity index is 2.14. The van der Waals surface area contributed by atoms with Crippen molar-refractivity contribution in [1.82, 2.24) is 0 Å². The lowest BCUT2D eigenvalue weighted by Gasteiger charge is -2.09. The van der Waals surface area contributed by atoms with E-state index in [2.05, 4.69) is 11.4 Å². The van der Waals surface area contributed by atoms with Crippen LogP contribution in [0.2, 0.25) is 10.0 Å². The monoisotopic (exact) mass is 276 g/mol. The van der Waals surface area contributed by atoms with Gasteiger partial charge in [0, 0.05) is 16.6 Å². The first-order valence-electron chi connectivity index (χ1n) is 5.37. The summed E-state index contributed by atoms with van der Waals surface area (Å²) in [5.74, 6) is 0. The standard InChI is InChI=1S/C14H10Cl2N2/c15-12-6-5-11(13(16)7-12)9-18-14-4-2-1-3-10(14)8-17/h1-7,18H,9H2. The molecule has 0 saturated heterocycles. The van der Waals surface area contributed by atoms with Crippen LogP contribution in [0.15, 0.2) is 42.5 Å². The predicted molar refractivity (Wildman–Crippen MR) is 74.9 cm³/mol. The molecular formula is C14H10Cl2N2. The van der Waals surface area contributed by atoms with Crippen LogP contribution in [0.4, 0.5) is 5.69 Å². The largest absolute Gasteiger partial charge is 0.380 e. The molecule has 18 heavy (non-hydrogen) atoms. The molecule has 2 rings (SSSR count). The van der Waals surface area contributed by atoms with Gasteiger partial charge in [-0.25, -0.2) is 0 Å². The molecule has 0 bridgehead atoms. The fourth-order valence-corrected chi connectivity index (χ4v) is 2.07. The molecule has 0 aromatic heterocycles. The first-order chi connectivity index (χ1) is 8.70. The maximum absolute atomic E-state index is 8.97. The van der Waals surface area contributed by atoms with Crippen molar-refractivity contribution in [2.45, 2.75) is 6.54 Å². The fourth-order valence-electron chi connectivity index (χ4n) is 1.59. The number of benzene rings is 2. The molecule has 0 radical (unpaired) electrons. The van der Waals surface area contributed by atoms with Gasteiger partial charge in [0.05, 0.1) is 11.3 Å². The second-order valence-corrected chi connectivity index (χ2v) is 4.59. The fraction of sp³-hybridized carbons (Fsp3) is 0.0714. The molecule has 0 amide bonds. The van der Waals surface area contributed by atoms with E-state index in [0.717, 1.165) is 11.3 Å². The molecule has 0 fully saturated rings. The Bertz CT molecular complexity index is 603. The van der Waals surface area contributed by atoms with Crippen LogP contribution in [-0.4, -0.2) is 0 Å². The number of nitrogens with zero attached hydrogens (tertiary/aromatic N) is 1. The molecular weight excluding hydrogens is 267 g/mol. The van der Waals surface area contributed by atoms with E-state index in [4.69, 9.17) is 28.5 Å². The van der Waals surface area contributed by atoms with E-state index in [-0.39, 0.29) is 0 Å². The number of anilines is 1. The molecule has 1 N–H and O–H groups in total. The van der Waals surface area contributed by atoms with Gasteiger partial charge in [-0.05, 0) is 29.8 Å². The van der Waals surface area contributed by atoms with Crippen molar-refractivity contribution in [3.8, 4) is 6.07 Å². The first-order valence-corrected chi connectivity index (χ1v) is 6.13. The number of nitriles is 1. The molecule has 0 heterocycles. The van der Waals surface area contributed by atoms with Crippen LogP contribution >= 0.6 is 23.2 Å². The summed E-state index contributed by atoms with van der Waals surface area (Å²) < 4.78 is 0. The Hall–Kier alpha value is -1.69. The summed E-state index contributed by atoms with van der Waals surface area (Å²) in [5.41, 5.74) is 2.35. The highest BCUT2D eigenvalue weighted by Gasteiger charge is 2.03. The normalized spacial score (nSPS) is 9.83. The van der Waals surface area contributed by atoms with Gasteiger partial charge in [0.15, 0.2) is 0 Å². The second-order valence-electron chi connectivity index (χ2n) is 3.75. The van der Waals surface area contributed by atoms with Crippen LogP contribution in [0.25, 0.3) is 0 Å². The van der Waals surface area contributed by atoms with Crippen LogP contribution in [0.3, 0.4) is 0 Å². The van der Waals surface area contributed by atoms with Crippen LogP contribution in [-0.2, 0) is 6.54 Å². The lowest BCUT2D eigenvalue weighted by Crippen LogP contribution is -2.01. The maximum Gasteiger partial charge on any atom is 0.101 e. The quantitative estimate of drug-likeness (QED) is 0.898. The number of para-hydroxylation sites is 1. The van der Waals surface area contributed by atoms with Gasteiger partial charge in [-0.15, -0.1) is 0 Å². The summed E-state index contributed by atoms with van der Waals surface area (Å²) in [7, 11) is 0. The van der Waals surface area contributed by atoms with Crippen molar-refractivity contribution in [3.05, 3.63) is 63.6 Å². The predicted octanol–water partition coefficient (Wildman–Crippen LogP) is 4.48. The Morgan fingerprint density at radius 1 is 1.11 bits per heavy atom. The van der Waals surface area contributed by atoms with E-state index >= 15 is 0 Å². The van der Waals surface area contributed by atoms with Crippen molar-refractivity contribution in [2.24, 2.45) is 0 Å². The van der Waals surface area contributed by atoms with E-state index in [1.54, 1.807) is 18.2 Å². The van der Waals surface area contributed by atoms with Crippen molar-refractivity contribution < 1.29 is 0 Å². The van der Waals surface area contributed by atoms with Gasteiger partial charge in [0.25, 0.3) is 0 Å². The highest BCUT2D eigenvalue weighted by Crippen LogP contribution is 2.22. The van der Waals surface area contributed by atoms with Gasteiger partial charge < -0.3 is 5.32 Å². The van der Waals surface area contributed by atoms with Crippen molar-refractivity contribution in [1.29, 1.82) is 5.26 Å². The highest BCUT2D eigenvalue weighted by molar-refractivity contribution is 6.35. The van der Waals surface area contributed by atoms with Crippen LogP contribution in [0.5, 0.6) is 0 Å². The molecule has 0 unspecified atom stereocenters. The van der Waals surface area contributed by atoms with Gasteiger partial charge in [0.2, 0.25) is 0 Å². The lowest BCUT2D eigenvalue weighted by molar-refractivity contribution is 1.15. The topological polar surface area (TPSA) is 35.8 Å². The second kappa shape index (κ2) is 5.77. The maximum atomic E-state index is 8.97. The van der Waals surface area contributed by atoms with Crippen LogP contribution in [0.1, 0.15) is 11.1 Å². The Kier molecular flexibility index (Phi) is 4.09. The molecule has 0 aliphatic heterocycles. The minimum Gasteiger partial charge on any atom is -0.380 e. The smallest absolute Gasteiger partial charge is 0.101 e. The van der Waals surface area contributed by atoms with Gasteiger partial charge >= 0.3 is 0 Å². The summed E-state index contributed by atoms with van der Waals surface area (Å²) in [6.07, 6.45) is 0. The summed E-state index contributed by atoms with van der Waals surface area (Å²) in [5, 5.41) is 13.4. The van der Waals surface area contributed by atoms with Crippen molar-refractivity contribution in [2.75, 3.05) is 5.32 Å². The number of hydrogen-bond donors (Lipinski definition) is 1. The molecule has 0 atom stereocenters. The lowest BCUT2D eigenvalue weighted by atomic mass is 10.1. The van der Waals surface area contributed by atoms with E-state index in [9.17, 15) is 0 Å². The molecule has 0 aliphatic carbocycles. The molecule has 2 aromatic carbocycles. The molecule has 90 valence electrons. The third kappa shape index (κ3) is 2.95. The van der Waals surface area contributed by atoms with Gasteiger partial charge in [-0.1, -0.05) is 41.4 Å². The molecule has 0 saturated carbocycles. The number of nitrogens with one attached hydrogen (secondary N) is 1. The van der Waals surface area contributed by atoms with E-state index in [1.165, 1.54) is 0 Å². The van der Waals surface area contributed by atoms with E-state index in [1.807, 2.05) is 24.3 Å². The SMILES string of the molecule is N#Cc1ccccc1NCc1ccc(Cl)cc1Cl. The van der Waals surface area contributed by atoms with Crippen LogP contribution < -0.4 is 5.32 Å². The van der Waals surface area contributed by atoms with E-state index in [0.29, 0.717) is 22.2 Å². The summed E-state index contributed by atoms with van der Waals surface area (Å²) >= 11 is 11.9. The number of halogens is 2. The van der Waals surface area contributed by atoms with Crippen molar-refractivity contribution in [3.63, 3.8) is 0 Å². The van der Waals surface area contributed by atoms with Gasteiger partial charge in [0.1, 0.15) is 6.07 Å². The summed E-state index contributed by atoms with van der Waals surface area (Å²) in [6, 6.07) is 14.9. The zero-order chi connectivity index (χ0) is 13.0.